The fourth-order valence-corrected chi connectivity index (χ4v) is 3.19. The Balaban J connectivity index is 1.99. The van der Waals surface area contributed by atoms with Gasteiger partial charge >= 0.3 is 0 Å². The molecule has 0 unspecified atom stereocenters. The molecule has 4 rings (SSSR count). The molecule has 3 aromatic heterocycles. The lowest BCUT2D eigenvalue weighted by molar-refractivity contribution is 0.951. The van der Waals surface area contributed by atoms with Crippen molar-refractivity contribution < 1.29 is 0 Å². The number of nitrogens with zero attached hydrogens (tertiary/aromatic N) is 3. The molecule has 3 heterocycles. The molecule has 0 fully saturated rings. The molecule has 6 heteroatoms. The van der Waals surface area contributed by atoms with E-state index in [4.69, 9.17) is 5.73 Å². The minimum absolute atomic E-state index is 0.536. The Morgan fingerprint density at radius 2 is 2.12 bits per heavy atom. The Labute approximate surface area is 139 Å². The maximum atomic E-state index is 5.85. The van der Waals surface area contributed by atoms with Crippen LogP contribution in [-0.4, -0.2) is 26.6 Å². The predicted octanol–water partition coefficient (Wildman–Crippen LogP) is 2.93. The van der Waals surface area contributed by atoms with Gasteiger partial charge in [0.1, 0.15) is 11.2 Å². The molecule has 1 aromatic carbocycles. The number of anilines is 1. The molecule has 24 heavy (non-hydrogen) atoms. The molecule has 4 N–H and O–H groups in total. The smallest absolute Gasteiger partial charge is 0.156 e. The highest BCUT2D eigenvalue weighted by Crippen LogP contribution is 2.32. The minimum Gasteiger partial charge on any atom is -0.371 e. The molecule has 0 aliphatic heterocycles. The highest BCUT2D eigenvalue weighted by molar-refractivity contribution is 6.07. The van der Waals surface area contributed by atoms with E-state index in [1.54, 1.807) is 0 Å². The van der Waals surface area contributed by atoms with Gasteiger partial charge in [-0.3, -0.25) is 0 Å². The molecule has 0 aliphatic rings. The molecular weight excluding hydrogens is 300 g/mol. The molecule has 122 valence electrons. The van der Waals surface area contributed by atoms with Crippen molar-refractivity contribution in [2.75, 3.05) is 12.4 Å². The summed E-state index contributed by atoms with van der Waals surface area (Å²) in [7, 11) is 3.86. The summed E-state index contributed by atoms with van der Waals surface area (Å²) in [6, 6.07) is 8.49. The summed E-state index contributed by atoms with van der Waals surface area (Å²) in [5, 5.41) is 4.19. The van der Waals surface area contributed by atoms with Gasteiger partial charge in [-0.25, -0.2) is 9.97 Å². The quantitative estimate of drug-likeness (QED) is 0.542. The Kier molecular flexibility index (Phi) is 3.28. The van der Waals surface area contributed by atoms with E-state index in [-0.39, 0.29) is 0 Å². The number of aromatic amines is 1. The number of H-pyrrole nitrogens is 1. The fourth-order valence-electron chi connectivity index (χ4n) is 3.19. The number of rotatable bonds is 3. The van der Waals surface area contributed by atoms with Crippen molar-refractivity contribution in [1.29, 1.82) is 0 Å². The number of pyridine rings is 1. The lowest BCUT2D eigenvalue weighted by Crippen LogP contribution is -1.99. The molecule has 4 aromatic rings. The van der Waals surface area contributed by atoms with E-state index in [9.17, 15) is 0 Å². The zero-order valence-corrected chi connectivity index (χ0v) is 14.0. The third kappa shape index (κ3) is 2.07. The second-order valence-corrected chi connectivity index (χ2v) is 6.05. The molecule has 0 amide bonds. The topological polar surface area (TPSA) is 84.6 Å². The molecule has 0 bridgehead atoms. The van der Waals surface area contributed by atoms with Gasteiger partial charge in [0, 0.05) is 31.7 Å². The standard InChI is InChI=1S/C18H20N6/c1-10-4-5-11(6-12(10)8-19)14-7-13-16-15(21-9-24(16)3)18(20-2)23-17(13)22-14/h4-7,9H,8,19H2,1-3H3,(H2,20,22,23). The van der Waals surface area contributed by atoms with E-state index in [0.29, 0.717) is 6.54 Å². The lowest BCUT2D eigenvalue weighted by atomic mass is 10.0. The van der Waals surface area contributed by atoms with Crippen LogP contribution < -0.4 is 11.1 Å². The van der Waals surface area contributed by atoms with Crippen molar-refractivity contribution in [2.45, 2.75) is 13.5 Å². The molecule has 0 aliphatic carbocycles. The van der Waals surface area contributed by atoms with Crippen molar-refractivity contribution in [3.05, 3.63) is 41.7 Å². The van der Waals surface area contributed by atoms with Crippen LogP contribution in [0, 0.1) is 6.92 Å². The molecule has 0 spiro atoms. The fraction of sp³-hybridized carbons (Fsp3) is 0.222. The van der Waals surface area contributed by atoms with Gasteiger partial charge in [-0.1, -0.05) is 12.1 Å². The molecule has 0 radical (unpaired) electrons. The summed E-state index contributed by atoms with van der Waals surface area (Å²) in [5.74, 6) is 0.776. The number of benzene rings is 1. The van der Waals surface area contributed by atoms with Crippen molar-refractivity contribution in [2.24, 2.45) is 12.8 Å². The number of nitrogens with one attached hydrogen (secondary N) is 2. The van der Waals surface area contributed by atoms with Gasteiger partial charge in [-0.15, -0.1) is 0 Å². The van der Waals surface area contributed by atoms with Gasteiger partial charge in [-0.05, 0) is 35.7 Å². The monoisotopic (exact) mass is 320 g/mol. The number of fused-ring (bicyclic) bond motifs is 3. The normalized spacial score (nSPS) is 11.5. The van der Waals surface area contributed by atoms with Crippen LogP contribution in [0.4, 0.5) is 5.82 Å². The van der Waals surface area contributed by atoms with E-state index < -0.39 is 0 Å². The highest BCUT2D eigenvalue weighted by atomic mass is 15.1. The SMILES string of the molecule is CNc1nc2[nH]c(-c3ccc(C)c(CN)c3)cc2c2c1ncn2C. The van der Waals surface area contributed by atoms with Gasteiger partial charge in [-0.2, -0.15) is 0 Å². The maximum Gasteiger partial charge on any atom is 0.156 e. The van der Waals surface area contributed by atoms with Gasteiger partial charge < -0.3 is 20.6 Å². The van der Waals surface area contributed by atoms with Crippen LogP contribution >= 0.6 is 0 Å². The van der Waals surface area contributed by atoms with Gasteiger partial charge in [0.05, 0.1) is 11.8 Å². The molecule has 0 atom stereocenters. The van der Waals surface area contributed by atoms with Crippen LogP contribution in [0.25, 0.3) is 33.3 Å². The van der Waals surface area contributed by atoms with Crippen LogP contribution in [0.5, 0.6) is 0 Å². The zero-order valence-electron chi connectivity index (χ0n) is 14.0. The predicted molar refractivity (Wildman–Crippen MR) is 98.0 cm³/mol. The summed E-state index contributed by atoms with van der Waals surface area (Å²) < 4.78 is 2.03. The number of hydrogen-bond donors (Lipinski definition) is 3. The average Bonchev–Trinajstić information content (AvgIpc) is 3.18. The van der Waals surface area contributed by atoms with E-state index >= 15 is 0 Å². The zero-order chi connectivity index (χ0) is 16.8. The van der Waals surface area contributed by atoms with Crippen LogP contribution in [-0.2, 0) is 13.6 Å². The van der Waals surface area contributed by atoms with Crippen molar-refractivity contribution >= 4 is 27.9 Å². The van der Waals surface area contributed by atoms with Crippen LogP contribution in [0.2, 0.25) is 0 Å². The second-order valence-electron chi connectivity index (χ2n) is 6.05. The molecule has 0 saturated carbocycles. The van der Waals surface area contributed by atoms with Gasteiger partial charge in [0.25, 0.3) is 0 Å². The van der Waals surface area contributed by atoms with Crippen LogP contribution in [0.15, 0.2) is 30.6 Å². The minimum atomic E-state index is 0.536. The van der Waals surface area contributed by atoms with Crippen LogP contribution in [0.1, 0.15) is 11.1 Å². The largest absolute Gasteiger partial charge is 0.371 e. The Morgan fingerprint density at radius 3 is 2.88 bits per heavy atom. The van der Waals surface area contributed by atoms with Crippen molar-refractivity contribution in [1.82, 2.24) is 19.5 Å². The Morgan fingerprint density at radius 1 is 1.29 bits per heavy atom. The van der Waals surface area contributed by atoms with Gasteiger partial charge in [0.15, 0.2) is 5.82 Å². The van der Waals surface area contributed by atoms with E-state index in [2.05, 4.69) is 51.5 Å². The first-order valence-electron chi connectivity index (χ1n) is 7.94. The lowest BCUT2D eigenvalue weighted by Gasteiger charge is -2.05. The molecular formula is C18H20N6. The number of hydrogen-bond acceptors (Lipinski definition) is 4. The summed E-state index contributed by atoms with van der Waals surface area (Å²) in [5.41, 5.74) is 13.1. The number of nitrogens with two attached hydrogens (primary N) is 1. The second kappa shape index (κ2) is 5.35. The Hall–Kier alpha value is -2.86. The number of imidazole rings is 1. The molecule has 6 nitrogen and oxygen atoms in total. The van der Waals surface area contributed by atoms with E-state index in [0.717, 1.165) is 44.7 Å². The summed E-state index contributed by atoms with van der Waals surface area (Å²) >= 11 is 0. The first kappa shape index (κ1) is 14.7. The van der Waals surface area contributed by atoms with Crippen molar-refractivity contribution in [3.63, 3.8) is 0 Å². The first-order valence-corrected chi connectivity index (χ1v) is 7.94. The highest BCUT2D eigenvalue weighted by Gasteiger charge is 2.15. The van der Waals surface area contributed by atoms with Crippen LogP contribution in [0.3, 0.4) is 0 Å². The third-order valence-corrected chi connectivity index (χ3v) is 4.55. The summed E-state index contributed by atoms with van der Waals surface area (Å²) in [6.07, 6.45) is 1.82. The van der Waals surface area contributed by atoms with E-state index in [1.807, 2.05) is 25.0 Å². The van der Waals surface area contributed by atoms with E-state index in [1.165, 1.54) is 5.56 Å². The number of aromatic nitrogens is 4. The Bertz CT molecular complexity index is 1060. The molecule has 0 saturated heterocycles. The van der Waals surface area contributed by atoms with Crippen molar-refractivity contribution in [3.8, 4) is 11.3 Å². The average molecular weight is 320 g/mol. The summed E-state index contributed by atoms with van der Waals surface area (Å²) in [4.78, 5) is 12.6. The van der Waals surface area contributed by atoms with Gasteiger partial charge in [0.2, 0.25) is 0 Å². The first-order chi connectivity index (χ1) is 11.6. The number of aryl methyl sites for hydroxylation is 2. The maximum absolute atomic E-state index is 5.85. The summed E-state index contributed by atoms with van der Waals surface area (Å²) in [6.45, 7) is 2.62. The third-order valence-electron chi connectivity index (χ3n) is 4.55.